The molecule has 1 atom stereocenters. The van der Waals surface area contributed by atoms with E-state index in [9.17, 15) is 9.18 Å². The fourth-order valence-corrected chi connectivity index (χ4v) is 2.64. The lowest BCUT2D eigenvalue weighted by Crippen LogP contribution is -2.30. The van der Waals surface area contributed by atoms with E-state index in [1.165, 1.54) is 6.07 Å². The van der Waals surface area contributed by atoms with Crippen LogP contribution in [0.2, 0.25) is 0 Å². The van der Waals surface area contributed by atoms with Gasteiger partial charge in [-0.3, -0.25) is 9.89 Å². The minimum absolute atomic E-state index is 0. The second-order valence-electron chi connectivity index (χ2n) is 5.66. The molecule has 1 aliphatic rings. The molecular formula is C16H20ClFN4O. The summed E-state index contributed by atoms with van der Waals surface area (Å²) in [5.41, 5.74) is 3.68. The van der Waals surface area contributed by atoms with Crippen molar-refractivity contribution in [1.82, 2.24) is 20.8 Å². The average Bonchev–Trinajstić information content (AvgIpc) is 2.94. The molecule has 1 aromatic heterocycles. The van der Waals surface area contributed by atoms with Gasteiger partial charge in [0.25, 0.3) is 5.91 Å². The summed E-state index contributed by atoms with van der Waals surface area (Å²) in [5, 5.41) is 13.2. The van der Waals surface area contributed by atoms with Gasteiger partial charge in [0.15, 0.2) is 5.69 Å². The number of fused-ring (bicyclic) bond motifs is 1. The minimum Gasteiger partial charge on any atom is -0.344 e. The minimum atomic E-state index is -0.286. The van der Waals surface area contributed by atoms with Gasteiger partial charge in [0.05, 0.1) is 6.04 Å². The molecule has 23 heavy (non-hydrogen) atoms. The number of hydrogen-bond acceptors (Lipinski definition) is 3. The second kappa shape index (κ2) is 7.10. The molecule has 2 aromatic rings. The number of rotatable bonds is 3. The largest absolute Gasteiger partial charge is 0.344 e. The summed E-state index contributed by atoms with van der Waals surface area (Å²) in [4.78, 5) is 12.4. The third-order valence-electron chi connectivity index (χ3n) is 4.06. The zero-order chi connectivity index (χ0) is 15.7. The van der Waals surface area contributed by atoms with Crippen LogP contribution in [0.3, 0.4) is 0 Å². The van der Waals surface area contributed by atoms with Crippen molar-refractivity contribution in [1.29, 1.82) is 0 Å². The van der Waals surface area contributed by atoms with Crippen molar-refractivity contribution in [2.45, 2.75) is 32.9 Å². The Hall–Kier alpha value is -1.92. The molecule has 0 saturated heterocycles. The molecule has 0 saturated carbocycles. The third kappa shape index (κ3) is 3.54. The maximum atomic E-state index is 13.6. The van der Waals surface area contributed by atoms with Crippen LogP contribution < -0.4 is 10.6 Å². The van der Waals surface area contributed by atoms with Crippen LogP contribution in [0, 0.1) is 12.7 Å². The van der Waals surface area contributed by atoms with Gasteiger partial charge in [-0.2, -0.15) is 5.10 Å². The Balaban J connectivity index is 0.00000192. The molecule has 1 aromatic carbocycles. The van der Waals surface area contributed by atoms with E-state index in [1.807, 2.05) is 13.0 Å². The second-order valence-corrected chi connectivity index (χ2v) is 5.66. The topological polar surface area (TPSA) is 69.8 Å². The first-order valence-corrected chi connectivity index (χ1v) is 7.40. The molecular weight excluding hydrogens is 319 g/mol. The third-order valence-corrected chi connectivity index (χ3v) is 4.06. The molecule has 2 heterocycles. The zero-order valence-corrected chi connectivity index (χ0v) is 13.9. The lowest BCUT2D eigenvalue weighted by molar-refractivity contribution is 0.0933. The molecule has 3 rings (SSSR count). The number of aromatic amines is 1. The van der Waals surface area contributed by atoms with Crippen molar-refractivity contribution in [3.05, 3.63) is 52.1 Å². The van der Waals surface area contributed by atoms with E-state index in [-0.39, 0.29) is 30.2 Å². The summed E-state index contributed by atoms with van der Waals surface area (Å²) in [7, 11) is 0. The molecule has 1 unspecified atom stereocenters. The van der Waals surface area contributed by atoms with E-state index >= 15 is 0 Å². The number of nitrogens with one attached hydrogen (secondary N) is 3. The van der Waals surface area contributed by atoms with Crippen LogP contribution in [-0.4, -0.2) is 22.6 Å². The Morgan fingerprint density at radius 2 is 2.22 bits per heavy atom. The summed E-state index contributed by atoms with van der Waals surface area (Å²) in [5.74, 6) is -0.505. The number of amides is 1. The Labute approximate surface area is 140 Å². The van der Waals surface area contributed by atoms with Gasteiger partial charge in [0, 0.05) is 30.8 Å². The van der Waals surface area contributed by atoms with Gasteiger partial charge in [-0.05, 0) is 31.0 Å². The molecule has 124 valence electrons. The van der Waals surface area contributed by atoms with Crippen molar-refractivity contribution in [3.8, 4) is 0 Å². The van der Waals surface area contributed by atoms with E-state index in [4.69, 9.17) is 0 Å². The van der Waals surface area contributed by atoms with E-state index in [0.717, 1.165) is 29.8 Å². The van der Waals surface area contributed by atoms with Gasteiger partial charge < -0.3 is 10.6 Å². The van der Waals surface area contributed by atoms with Gasteiger partial charge in [-0.15, -0.1) is 12.4 Å². The maximum Gasteiger partial charge on any atom is 0.272 e. The van der Waals surface area contributed by atoms with Crippen molar-refractivity contribution in [3.63, 3.8) is 0 Å². The van der Waals surface area contributed by atoms with Crippen LogP contribution in [0.5, 0.6) is 0 Å². The van der Waals surface area contributed by atoms with Gasteiger partial charge in [0.2, 0.25) is 0 Å². The summed E-state index contributed by atoms with van der Waals surface area (Å²) in [6.07, 6.45) is 0.842. The normalized spacial score (nSPS) is 14.6. The Bertz CT molecular complexity index is 716. The molecule has 0 aliphatic carbocycles. The van der Waals surface area contributed by atoms with E-state index in [0.29, 0.717) is 17.8 Å². The standard InChI is InChI=1S/C16H19FN4O.ClH/c1-9-3-4-11(7-13(9)17)10(2)19-16(22)15-12-8-18-6-5-14(12)20-21-15;/h3-4,7,10,18H,5-6,8H2,1-2H3,(H,19,22)(H,20,21);1H. The van der Waals surface area contributed by atoms with E-state index < -0.39 is 0 Å². The first kappa shape index (κ1) is 17.4. The predicted octanol–water partition coefficient (Wildman–Crippen LogP) is 2.42. The number of carbonyl (C=O) groups is 1. The molecule has 1 aliphatic heterocycles. The highest BCUT2D eigenvalue weighted by molar-refractivity contribution is 5.94. The monoisotopic (exact) mass is 338 g/mol. The van der Waals surface area contributed by atoms with Crippen LogP contribution in [-0.2, 0) is 13.0 Å². The highest BCUT2D eigenvalue weighted by Crippen LogP contribution is 2.19. The summed E-state index contributed by atoms with van der Waals surface area (Å²) in [6.45, 7) is 5.07. The molecule has 0 bridgehead atoms. The van der Waals surface area contributed by atoms with Crippen LogP contribution >= 0.6 is 12.4 Å². The van der Waals surface area contributed by atoms with Gasteiger partial charge in [0.1, 0.15) is 5.82 Å². The molecule has 0 spiro atoms. The first-order chi connectivity index (χ1) is 10.6. The lowest BCUT2D eigenvalue weighted by Gasteiger charge is -2.16. The smallest absolute Gasteiger partial charge is 0.272 e. The number of hydrogen-bond donors (Lipinski definition) is 3. The van der Waals surface area contributed by atoms with E-state index in [1.54, 1.807) is 13.0 Å². The molecule has 0 fully saturated rings. The predicted molar refractivity (Wildman–Crippen MR) is 88.3 cm³/mol. The van der Waals surface area contributed by atoms with Crippen LogP contribution in [0.4, 0.5) is 4.39 Å². The molecule has 0 radical (unpaired) electrons. The van der Waals surface area contributed by atoms with Gasteiger partial charge in [-0.1, -0.05) is 12.1 Å². The van der Waals surface area contributed by atoms with Crippen molar-refractivity contribution < 1.29 is 9.18 Å². The number of carbonyl (C=O) groups excluding carboxylic acids is 1. The maximum absolute atomic E-state index is 13.6. The van der Waals surface area contributed by atoms with Crippen molar-refractivity contribution in [2.24, 2.45) is 0 Å². The summed E-state index contributed by atoms with van der Waals surface area (Å²) >= 11 is 0. The number of benzene rings is 1. The van der Waals surface area contributed by atoms with Crippen LogP contribution in [0.25, 0.3) is 0 Å². The molecule has 3 N–H and O–H groups in total. The number of aryl methyl sites for hydroxylation is 1. The highest BCUT2D eigenvalue weighted by Gasteiger charge is 2.22. The molecule has 5 nitrogen and oxygen atoms in total. The summed E-state index contributed by atoms with van der Waals surface area (Å²) in [6, 6.07) is 4.71. The Kier molecular flexibility index (Phi) is 5.38. The zero-order valence-electron chi connectivity index (χ0n) is 13.1. The summed E-state index contributed by atoms with van der Waals surface area (Å²) < 4.78 is 13.6. The number of aromatic nitrogens is 2. The first-order valence-electron chi connectivity index (χ1n) is 7.40. The molecule has 7 heteroatoms. The van der Waals surface area contributed by atoms with Crippen LogP contribution in [0.1, 0.15) is 45.8 Å². The van der Waals surface area contributed by atoms with E-state index in [2.05, 4.69) is 20.8 Å². The number of nitrogens with zero attached hydrogens (tertiary/aromatic N) is 1. The number of halogens is 2. The fraction of sp³-hybridized carbons (Fsp3) is 0.375. The Morgan fingerprint density at radius 3 is 2.96 bits per heavy atom. The highest BCUT2D eigenvalue weighted by atomic mass is 35.5. The van der Waals surface area contributed by atoms with Crippen molar-refractivity contribution in [2.75, 3.05) is 6.54 Å². The number of H-pyrrole nitrogens is 1. The van der Waals surface area contributed by atoms with Crippen molar-refractivity contribution >= 4 is 18.3 Å². The average molecular weight is 339 g/mol. The fourth-order valence-electron chi connectivity index (χ4n) is 2.64. The van der Waals surface area contributed by atoms with Gasteiger partial charge >= 0.3 is 0 Å². The SMILES string of the molecule is Cc1ccc(C(C)NC(=O)c2n[nH]c3c2CNCC3)cc1F.Cl. The molecule has 1 amide bonds. The quantitative estimate of drug-likeness (QED) is 0.805. The van der Waals surface area contributed by atoms with Gasteiger partial charge in [-0.25, -0.2) is 4.39 Å². The van der Waals surface area contributed by atoms with Crippen LogP contribution in [0.15, 0.2) is 18.2 Å². The lowest BCUT2D eigenvalue weighted by atomic mass is 10.0. The Morgan fingerprint density at radius 1 is 1.43 bits per heavy atom.